The molecule has 0 bridgehead atoms. The number of guanidine groups is 1. The van der Waals surface area contributed by atoms with Crippen molar-refractivity contribution in [3.63, 3.8) is 0 Å². The summed E-state index contributed by atoms with van der Waals surface area (Å²) in [4.78, 5) is 9.66. The highest BCUT2D eigenvalue weighted by molar-refractivity contribution is 5.79. The largest absolute Gasteiger partial charge is 0.381 e. The zero-order chi connectivity index (χ0) is 17.2. The topological polar surface area (TPSA) is 40.1 Å². The quantitative estimate of drug-likeness (QED) is 0.419. The molecule has 0 amide bonds. The average Bonchev–Trinajstić information content (AvgIpc) is 3.11. The second-order valence-corrected chi connectivity index (χ2v) is 7.47. The molecule has 1 heterocycles. The molecule has 0 spiro atoms. The first-order chi connectivity index (χ1) is 11.7. The van der Waals surface area contributed by atoms with Gasteiger partial charge in [0.1, 0.15) is 0 Å². The molecule has 1 aliphatic heterocycles. The molecule has 0 aromatic carbocycles. The van der Waals surface area contributed by atoms with Gasteiger partial charge >= 0.3 is 0 Å². The first-order valence-electron chi connectivity index (χ1n) is 9.98. The Morgan fingerprint density at radius 2 is 1.96 bits per heavy atom. The minimum Gasteiger partial charge on any atom is -0.381 e. The number of nitrogens with one attached hydrogen (secondary N) is 1. The molecule has 5 nitrogen and oxygen atoms in total. The Labute approximate surface area is 148 Å². The molecule has 1 aliphatic carbocycles. The third-order valence-corrected chi connectivity index (χ3v) is 5.38. The summed E-state index contributed by atoms with van der Waals surface area (Å²) in [5, 5.41) is 3.43. The van der Waals surface area contributed by atoms with Crippen LogP contribution in [0.1, 0.15) is 51.9 Å². The molecule has 2 aliphatic rings. The van der Waals surface area contributed by atoms with Gasteiger partial charge in [-0.05, 0) is 46.2 Å². The SMILES string of the molecule is CCNC(=NCCCN(C)C1CCCCC1)N(C)CC1CCOC1. The highest BCUT2D eigenvalue weighted by atomic mass is 16.5. The molecule has 1 atom stereocenters. The lowest BCUT2D eigenvalue weighted by molar-refractivity contribution is 0.181. The van der Waals surface area contributed by atoms with Crippen molar-refractivity contribution in [3.8, 4) is 0 Å². The van der Waals surface area contributed by atoms with Crippen LogP contribution in [-0.2, 0) is 4.74 Å². The lowest BCUT2D eigenvalue weighted by atomic mass is 9.94. The van der Waals surface area contributed by atoms with Crippen LogP contribution in [0.25, 0.3) is 0 Å². The summed E-state index contributed by atoms with van der Waals surface area (Å²) < 4.78 is 5.49. The van der Waals surface area contributed by atoms with Gasteiger partial charge in [-0.3, -0.25) is 4.99 Å². The van der Waals surface area contributed by atoms with E-state index >= 15 is 0 Å². The zero-order valence-electron chi connectivity index (χ0n) is 16.1. The summed E-state index contributed by atoms with van der Waals surface area (Å²) in [6.45, 7) is 7.98. The summed E-state index contributed by atoms with van der Waals surface area (Å²) in [6, 6.07) is 0.806. The molecule has 0 radical (unpaired) electrons. The lowest BCUT2D eigenvalue weighted by Gasteiger charge is -2.31. The summed E-state index contributed by atoms with van der Waals surface area (Å²) in [5.74, 6) is 1.70. The Bertz CT molecular complexity index is 362. The molecule has 1 saturated heterocycles. The Hall–Kier alpha value is -0.810. The van der Waals surface area contributed by atoms with Gasteiger partial charge in [-0.1, -0.05) is 19.3 Å². The van der Waals surface area contributed by atoms with Gasteiger partial charge in [0.15, 0.2) is 5.96 Å². The molecule has 1 N–H and O–H groups in total. The van der Waals surface area contributed by atoms with Crippen LogP contribution < -0.4 is 5.32 Å². The molecule has 140 valence electrons. The van der Waals surface area contributed by atoms with E-state index < -0.39 is 0 Å². The van der Waals surface area contributed by atoms with Crippen LogP contribution >= 0.6 is 0 Å². The summed E-state index contributed by atoms with van der Waals surface area (Å²) in [5.41, 5.74) is 0. The second-order valence-electron chi connectivity index (χ2n) is 7.47. The fourth-order valence-electron chi connectivity index (χ4n) is 3.88. The monoisotopic (exact) mass is 338 g/mol. The first kappa shape index (κ1) is 19.5. The maximum atomic E-state index is 5.49. The summed E-state index contributed by atoms with van der Waals surface area (Å²) >= 11 is 0. The number of nitrogens with zero attached hydrogens (tertiary/aromatic N) is 3. The van der Waals surface area contributed by atoms with Crippen molar-refractivity contribution < 1.29 is 4.74 Å². The molecule has 5 heteroatoms. The van der Waals surface area contributed by atoms with Crippen molar-refractivity contribution in [3.05, 3.63) is 0 Å². The normalized spacial score (nSPS) is 23.0. The fraction of sp³-hybridized carbons (Fsp3) is 0.947. The van der Waals surface area contributed by atoms with Crippen LogP contribution in [0.3, 0.4) is 0 Å². The van der Waals surface area contributed by atoms with Crippen LogP contribution in [0.2, 0.25) is 0 Å². The van der Waals surface area contributed by atoms with E-state index in [1.807, 2.05) is 0 Å². The van der Waals surface area contributed by atoms with Crippen LogP contribution in [-0.4, -0.2) is 75.3 Å². The van der Waals surface area contributed by atoms with E-state index in [1.54, 1.807) is 0 Å². The molecule has 2 rings (SSSR count). The molecule has 2 fully saturated rings. The fourth-order valence-corrected chi connectivity index (χ4v) is 3.88. The lowest BCUT2D eigenvalue weighted by Crippen LogP contribution is -2.41. The van der Waals surface area contributed by atoms with Gasteiger partial charge in [0, 0.05) is 45.2 Å². The highest BCUT2D eigenvalue weighted by Gasteiger charge is 2.19. The maximum Gasteiger partial charge on any atom is 0.193 e. The number of hydrogen-bond acceptors (Lipinski definition) is 3. The first-order valence-corrected chi connectivity index (χ1v) is 9.98. The molecule has 1 saturated carbocycles. The van der Waals surface area contributed by atoms with Crippen molar-refractivity contribution in [2.24, 2.45) is 10.9 Å². The highest BCUT2D eigenvalue weighted by Crippen LogP contribution is 2.21. The third kappa shape index (κ3) is 6.60. The van der Waals surface area contributed by atoms with Gasteiger partial charge in [0.05, 0.1) is 6.61 Å². The predicted octanol–water partition coefficient (Wildman–Crippen LogP) is 2.57. The van der Waals surface area contributed by atoms with Crippen molar-refractivity contribution in [1.29, 1.82) is 0 Å². The number of rotatable bonds is 8. The van der Waals surface area contributed by atoms with E-state index in [2.05, 4.69) is 36.1 Å². The maximum absolute atomic E-state index is 5.49. The van der Waals surface area contributed by atoms with Crippen LogP contribution in [0.5, 0.6) is 0 Å². The van der Waals surface area contributed by atoms with E-state index in [0.717, 1.165) is 57.8 Å². The molecule has 0 aromatic rings. The van der Waals surface area contributed by atoms with Crippen molar-refractivity contribution in [2.75, 3.05) is 53.5 Å². The predicted molar refractivity (Wildman–Crippen MR) is 102 cm³/mol. The number of ether oxygens (including phenoxy) is 1. The van der Waals surface area contributed by atoms with Crippen molar-refractivity contribution in [2.45, 2.75) is 57.9 Å². The standard InChI is InChI=1S/C19H38N4O/c1-4-20-19(23(3)15-17-11-14-24-16-17)21-12-8-13-22(2)18-9-6-5-7-10-18/h17-18H,4-16H2,1-3H3,(H,20,21). The molecular formula is C19H38N4O. The Morgan fingerprint density at radius 3 is 2.62 bits per heavy atom. The van der Waals surface area contributed by atoms with Crippen molar-refractivity contribution >= 4 is 5.96 Å². The summed E-state index contributed by atoms with van der Waals surface area (Å²) in [7, 11) is 4.44. The average molecular weight is 339 g/mol. The van der Waals surface area contributed by atoms with Gasteiger partial charge < -0.3 is 19.9 Å². The molecule has 0 aromatic heterocycles. The third-order valence-electron chi connectivity index (χ3n) is 5.38. The van der Waals surface area contributed by atoms with E-state index in [0.29, 0.717) is 5.92 Å². The van der Waals surface area contributed by atoms with Crippen LogP contribution in [0, 0.1) is 5.92 Å². The van der Waals surface area contributed by atoms with Gasteiger partial charge in [0.2, 0.25) is 0 Å². The van der Waals surface area contributed by atoms with E-state index in [4.69, 9.17) is 9.73 Å². The van der Waals surface area contributed by atoms with Crippen molar-refractivity contribution in [1.82, 2.24) is 15.1 Å². The smallest absolute Gasteiger partial charge is 0.193 e. The minimum absolute atomic E-state index is 0.649. The van der Waals surface area contributed by atoms with E-state index in [1.165, 1.54) is 38.5 Å². The van der Waals surface area contributed by atoms with Crippen LogP contribution in [0.4, 0.5) is 0 Å². The van der Waals surface area contributed by atoms with Gasteiger partial charge in [-0.25, -0.2) is 0 Å². The zero-order valence-corrected chi connectivity index (χ0v) is 16.1. The summed E-state index contributed by atoms with van der Waals surface area (Å²) in [6.07, 6.45) is 9.33. The van der Waals surface area contributed by atoms with E-state index in [9.17, 15) is 0 Å². The van der Waals surface area contributed by atoms with Gasteiger partial charge in [-0.2, -0.15) is 0 Å². The van der Waals surface area contributed by atoms with Crippen LogP contribution in [0.15, 0.2) is 4.99 Å². The minimum atomic E-state index is 0.649. The molecule has 1 unspecified atom stereocenters. The number of hydrogen-bond donors (Lipinski definition) is 1. The second kappa shape index (κ2) is 10.9. The number of aliphatic imine (C=N–C) groups is 1. The van der Waals surface area contributed by atoms with E-state index in [-0.39, 0.29) is 0 Å². The Balaban J connectivity index is 1.71. The molecular weight excluding hydrogens is 300 g/mol. The van der Waals surface area contributed by atoms with Gasteiger partial charge in [-0.15, -0.1) is 0 Å². The molecule has 24 heavy (non-hydrogen) atoms. The van der Waals surface area contributed by atoms with Gasteiger partial charge in [0.25, 0.3) is 0 Å². The Morgan fingerprint density at radius 1 is 1.17 bits per heavy atom. The Kier molecular flexibility index (Phi) is 8.89.